The summed E-state index contributed by atoms with van der Waals surface area (Å²) in [6, 6.07) is 8.79. The molecule has 22 heavy (non-hydrogen) atoms. The fourth-order valence-electron chi connectivity index (χ4n) is 1.86. The van der Waals surface area contributed by atoms with Crippen LogP contribution in [0.25, 0.3) is 0 Å². The van der Waals surface area contributed by atoms with Crippen LogP contribution in [0.1, 0.15) is 28.4 Å². The van der Waals surface area contributed by atoms with Crippen LogP contribution in [0.2, 0.25) is 0 Å². The van der Waals surface area contributed by atoms with E-state index in [0.29, 0.717) is 5.56 Å². The van der Waals surface area contributed by atoms with Crippen LogP contribution in [-0.4, -0.2) is 30.9 Å². The van der Waals surface area contributed by atoms with Crippen molar-refractivity contribution in [1.29, 1.82) is 0 Å². The molecule has 2 N–H and O–H groups in total. The molecule has 0 saturated heterocycles. The number of hydrogen-bond donors (Lipinski definition) is 2. The van der Waals surface area contributed by atoms with Gasteiger partial charge >= 0.3 is 0 Å². The van der Waals surface area contributed by atoms with Gasteiger partial charge in [-0.15, -0.1) is 0 Å². The molecule has 6 heteroatoms. The topological polar surface area (TPSA) is 70.9 Å². The molecule has 0 aliphatic carbocycles. The molecule has 1 unspecified atom stereocenters. The predicted octanol–water partition coefficient (Wildman–Crippen LogP) is 2.37. The van der Waals surface area contributed by atoms with Gasteiger partial charge in [0, 0.05) is 5.56 Å². The fraction of sp³-hybridized carbons (Fsp3) is 0.250. The highest BCUT2D eigenvalue weighted by Crippen LogP contribution is 2.22. The van der Waals surface area contributed by atoms with Gasteiger partial charge in [-0.25, -0.2) is 0 Å². The fourth-order valence-corrected chi connectivity index (χ4v) is 2.64. The Labute approximate surface area is 133 Å². The molecular formula is C16H18N2O3S. The Hall–Kier alpha value is -2.18. The third-order valence-electron chi connectivity index (χ3n) is 3.22. The second-order valence-corrected chi connectivity index (χ2v) is 5.79. The number of hydrogen-bond acceptors (Lipinski definition) is 5. The highest BCUT2D eigenvalue weighted by Gasteiger charge is 2.24. The molecule has 0 aliphatic rings. The van der Waals surface area contributed by atoms with Crippen LogP contribution in [0.3, 0.4) is 0 Å². The summed E-state index contributed by atoms with van der Waals surface area (Å²) in [5, 5.41) is 20.5. The first-order valence-electron chi connectivity index (χ1n) is 6.73. The summed E-state index contributed by atoms with van der Waals surface area (Å²) in [5.74, 6) is -0.231. The first-order valence-corrected chi connectivity index (χ1v) is 7.67. The van der Waals surface area contributed by atoms with Gasteiger partial charge in [-0.3, -0.25) is 4.79 Å². The molecule has 1 amide bonds. The molecule has 1 atom stereocenters. The van der Waals surface area contributed by atoms with Crippen molar-refractivity contribution in [3.63, 3.8) is 0 Å². The minimum atomic E-state index is -1.08. The Bertz CT molecular complexity index is 634. The van der Waals surface area contributed by atoms with E-state index < -0.39 is 5.60 Å². The number of carbonyl (C=O) groups excluding carboxylic acids is 1. The van der Waals surface area contributed by atoms with Crippen molar-refractivity contribution < 1.29 is 14.7 Å². The van der Waals surface area contributed by atoms with Crippen molar-refractivity contribution in [3.05, 3.63) is 57.8 Å². The zero-order valence-electron chi connectivity index (χ0n) is 12.4. The van der Waals surface area contributed by atoms with Gasteiger partial charge in [0.25, 0.3) is 5.91 Å². The largest absolute Gasteiger partial charge is 0.399 e. The van der Waals surface area contributed by atoms with E-state index in [2.05, 4.69) is 15.3 Å². The average molecular weight is 318 g/mol. The smallest absolute Gasteiger partial charge is 0.251 e. The second-order valence-electron chi connectivity index (χ2n) is 5.01. The van der Waals surface area contributed by atoms with Crippen LogP contribution >= 0.6 is 11.3 Å². The first kappa shape index (κ1) is 16.2. The van der Waals surface area contributed by atoms with Crippen molar-refractivity contribution >= 4 is 23.5 Å². The Morgan fingerprint density at radius 3 is 2.73 bits per heavy atom. The molecule has 1 aromatic heterocycles. The highest BCUT2D eigenvalue weighted by atomic mass is 32.1. The van der Waals surface area contributed by atoms with Crippen LogP contribution in [0.15, 0.2) is 46.2 Å². The highest BCUT2D eigenvalue weighted by molar-refractivity contribution is 7.08. The number of rotatable bonds is 6. The minimum absolute atomic E-state index is 0.148. The van der Waals surface area contributed by atoms with E-state index in [1.807, 2.05) is 16.8 Å². The van der Waals surface area contributed by atoms with Crippen molar-refractivity contribution in [2.45, 2.75) is 12.5 Å². The van der Waals surface area contributed by atoms with Crippen LogP contribution in [-0.2, 0) is 10.4 Å². The molecule has 2 rings (SSSR count). The molecule has 0 radical (unpaired) electrons. The number of nitrogens with one attached hydrogen (secondary N) is 1. The summed E-state index contributed by atoms with van der Waals surface area (Å²) >= 11 is 1.51. The Kier molecular flexibility index (Phi) is 5.30. The number of benzene rings is 1. The van der Waals surface area contributed by atoms with E-state index in [4.69, 9.17) is 0 Å². The number of thiophene rings is 1. The zero-order valence-corrected chi connectivity index (χ0v) is 13.3. The van der Waals surface area contributed by atoms with Crippen molar-refractivity contribution in [2.75, 3.05) is 13.7 Å². The van der Waals surface area contributed by atoms with E-state index in [1.54, 1.807) is 37.4 Å². The molecule has 0 bridgehead atoms. The Morgan fingerprint density at radius 1 is 1.41 bits per heavy atom. The van der Waals surface area contributed by atoms with E-state index in [0.717, 1.165) is 11.1 Å². The van der Waals surface area contributed by atoms with Crippen molar-refractivity contribution in [3.8, 4) is 0 Å². The maximum absolute atomic E-state index is 12.1. The van der Waals surface area contributed by atoms with Gasteiger partial charge in [-0.05, 0) is 47.0 Å². The molecule has 0 fully saturated rings. The molecule has 1 heterocycles. The van der Waals surface area contributed by atoms with Gasteiger partial charge in [-0.2, -0.15) is 11.3 Å². The first-order chi connectivity index (χ1) is 10.5. The van der Waals surface area contributed by atoms with E-state index >= 15 is 0 Å². The van der Waals surface area contributed by atoms with E-state index in [-0.39, 0.29) is 12.5 Å². The lowest BCUT2D eigenvalue weighted by atomic mass is 9.99. The third-order valence-corrected chi connectivity index (χ3v) is 3.90. The number of nitrogens with zero attached hydrogens (tertiary/aromatic N) is 1. The summed E-state index contributed by atoms with van der Waals surface area (Å²) in [6.45, 7) is 1.83. The SMILES string of the molecule is CON=Cc1ccc(C(=O)NCC(C)(O)c2ccsc2)cc1. The molecule has 116 valence electrons. The van der Waals surface area contributed by atoms with Crippen molar-refractivity contribution in [2.24, 2.45) is 5.16 Å². The summed E-state index contributed by atoms with van der Waals surface area (Å²) in [4.78, 5) is 16.7. The second kappa shape index (κ2) is 7.20. The molecule has 1 aromatic carbocycles. The molecule has 0 saturated carbocycles. The van der Waals surface area contributed by atoms with Gasteiger partial charge in [-0.1, -0.05) is 17.3 Å². The number of amides is 1. The predicted molar refractivity (Wildman–Crippen MR) is 87.3 cm³/mol. The summed E-state index contributed by atoms with van der Waals surface area (Å²) in [6.07, 6.45) is 1.56. The Morgan fingerprint density at radius 2 is 2.14 bits per heavy atom. The lowest BCUT2D eigenvalue weighted by molar-refractivity contribution is 0.0530. The minimum Gasteiger partial charge on any atom is -0.399 e. The van der Waals surface area contributed by atoms with Gasteiger partial charge in [0.2, 0.25) is 0 Å². The molecule has 2 aromatic rings. The van der Waals surface area contributed by atoms with Crippen LogP contribution in [0.5, 0.6) is 0 Å². The third kappa shape index (κ3) is 4.16. The lowest BCUT2D eigenvalue weighted by Crippen LogP contribution is -2.38. The van der Waals surface area contributed by atoms with Crippen molar-refractivity contribution in [1.82, 2.24) is 5.32 Å². The monoisotopic (exact) mass is 318 g/mol. The summed E-state index contributed by atoms with van der Waals surface area (Å²) in [7, 11) is 1.47. The van der Waals surface area contributed by atoms with Gasteiger partial charge in [0.1, 0.15) is 12.7 Å². The van der Waals surface area contributed by atoms with Crippen LogP contribution in [0.4, 0.5) is 0 Å². The number of aliphatic hydroxyl groups is 1. The molecular weight excluding hydrogens is 300 g/mol. The normalized spacial score (nSPS) is 13.8. The Balaban J connectivity index is 1.96. The van der Waals surface area contributed by atoms with E-state index in [1.165, 1.54) is 18.4 Å². The van der Waals surface area contributed by atoms with Crippen LogP contribution < -0.4 is 5.32 Å². The quantitative estimate of drug-likeness (QED) is 0.634. The van der Waals surface area contributed by atoms with E-state index in [9.17, 15) is 9.90 Å². The maximum Gasteiger partial charge on any atom is 0.251 e. The number of oxime groups is 1. The standard InChI is InChI=1S/C16H18N2O3S/c1-16(20,14-7-8-22-10-14)11-17-15(19)13-5-3-12(4-6-13)9-18-21-2/h3-10,20H,11H2,1-2H3,(H,17,19). The number of carbonyl (C=O) groups is 1. The molecule has 0 spiro atoms. The molecule has 0 aliphatic heterocycles. The van der Waals surface area contributed by atoms with Gasteiger partial charge in [0.05, 0.1) is 12.8 Å². The van der Waals surface area contributed by atoms with Gasteiger partial charge < -0.3 is 15.3 Å². The van der Waals surface area contributed by atoms with Gasteiger partial charge in [0.15, 0.2) is 0 Å². The lowest BCUT2D eigenvalue weighted by Gasteiger charge is -2.22. The maximum atomic E-state index is 12.1. The summed E-state index contributed by atoms with van der Waals surface area (Å²) < 4.78 is 0. The van der Waals surface area contributed by atoms with Crippen LogP contribution in [0, 0.1) is 0 Å². The zero-order chi connectivity index (χ0) is 16.0. The average Bonchev–Trinajstić information content (AvgIpc) is 3.06. The molecule has 5 nitrogen and oxygen atoms in total. The summed E-state index contributed by atoms with van der Waals surface area (Å²) in [5.41, 5.74) is 1.07.